The van der Waals surface area contributed by atoms with Gasteiger partial charge in [0.25, 0.3) is 0 Å². The van der Waals surface area contributed by atoms with Gasteiger partial charge < -0.3 is 29.6 Å². The van der Waals surface area contributed by atoms with Crippen molar-refractivity contribution < 1.29 is 28.5 Å². The highest BCUT2D eigenvalue weighted by molar-refractivity contribution is 6.25. The lowest BCUT2D eigenvalue weighted by Crippen LogP contribution is -2.33. The highest BCUT2D eigenvalue weighted by atomic mass is 16.6. The molecule has 2 amide bonds. The van der Waals surface area contributed by atoms with Crippen molar-refractivity contribution in [3.05, 3.63) is 47.5 Å². The number of carbonyl (C=O) groups excluding carboxylic acids is 2. The molecule has 0 aromatic heterocycles. The summed E-state index contributed by atoms with van der Waals surface area (Å²) in [5, 5.41) is 11.8. The smallest absolute Gasteiger partial charge is 0.407 e. The number of nitrogens with one attached hydrogen (secondary N) is 2. The molecule has 0 spiro atoms. The van der Waals surface area contributed by atoms with Gasteiger partial charge >= 0.3 is 12.2 Å². The summed E-state index contributed by atoms with van der Waals surface area (Å²) >= 11 is 0. The largest absolute Gasteiger partial charge is 0.497 e. The summed E-state index contributed by atoms with van der Waals surface area (Å²) in [6, 6.07) is 12.2. The van der Waals surface area contributed by atoms with Gasteiger partial charge in [0.1, 0.15) is 22.7 Å². The second-order valence-electron chi connectivity index (χ2n) is 11.3. The molecule has 0 unspecified atom stereocenters. The summed E-state index contributed by atoms with van der Waals surface area (Å²) in [5.41, 5.74) is 0.325. The Labute approximate surface area is 222 Å². The summed E-state index contributed by atoms with van der Waals surface area (Å²) in [5.74, 6) is 1.35. The number of alkyl carbamates (subject to hydrolysis) is 2. The molecule has 4 rings (SSSR count). The Morgan fingerprint density at radius 1 is 0.684 bits per heavy atom. The highest BCUT2D eigenvalue weighted by Crippen LogP contribution is 2.43. The molecule has 8 nitrogen and oxygen atoms in total. The van der Waals surface area contributed by atoms with E-state index in [1.807, 2.05) is 77.9 Å². The molecule has 0 saturated carbocycles. The van der Waals surface area contributed by atoms with E-state index >= 15 is 0 Å². The zero-order valence-corrected chi connectivity index (χ0v) is 23.3. The molecule has 0 fully saturated rings. The molecule has 0 aliphatic rings. The van der Waals surface area contributed by atoms with Crippen molar-refractivity contribution in [2.24, 2.45) is 0 Å². The van der Waals surface area contributed by atoms with Gasteiger partial charge in [-0.2, -0.15) is 0 Å². The molecule has 0 heterocycles. The van der Waals surface area contributed by atoms with E-state index < -0.39 is 23.4 Å². The quantitative estimate of drug-likeness (QED) is 0.276. The van der Waals surface area contributed by atoms with Crippen LogP contribution in [0, 0.1) is 0 Å². The summed E-state index contributed by atoms with van der Waals surface area (Å²) < 4.78 is 22.4. The van der Waals surface area contributed by atoms with Crippen LogP contribution in [0.1, 0.15) is 52.7 Å². The van der Waals surface area contributed by atoms with Crippen molar-refractivity contribution in [1.82, 2.24) is 10.6 Å². The van der Waals surface area contributed by atoms with Gasteiger partial charge in [-0.25, -0.2) is 9.59 Å². The van der Waals surface area contributed by atoms with Crippen molar-refractivity contribution in [1.29, 1.82) is 0 Å². The molecule has 0 aliphatic carbocycles. The summed E-state index contributed by atoms with van der Waals surface area (Å²) in [7, 11) is 3.24. The second-order valence-corrected chi connectivity index (χ2v) is 11.3. The predicted octanol–water partition coefficient (Wildman–Crippen LogP) is 6.65. The van der Waals surface area contributed by atoms with Crippen molar-refractivity contribution in [2.75, 3.05) is 14.2 Å². The first kappa shape index (κ1) is 27.1. The van der Waals surface area contributed by atoms with E-state index in [-0.39, 0.29) is 13.1 Å². The van der Waals surface area contributed by atoms with Crippen LogP contribution in [0.25, 0.3) is 32.3 Å². The fourth-order valence-electron chi connectivity index (χ4n) is 4.73. The standard InChI is InChI=1S/C30H36N2O6/c1-29(2,3)37-27(33)31-15-22-20-11-9-17-13-19(35-7)14-18-10-12-21(25(20)24(17)18)23(26(22)36-8)16-32-28(34)38-30(4,5)6/h9-14H,15-16H2,1-8H3,(H,31,33)(H,32,34). The van der Waals surface area contributed by atoms with Gasteiger partial charge in [0.05, 0.1) is 27.3 Å². The molecular formula is C30H36N2O6. The molecule has 0 bridgehead atoms. The van der Waals surface area contributed by atoms with Crippen LogP contribution in [0.2, 0.25) is 0 Å². The average Bonchev–Trinajstić information content (AvgIpc) is 2.82. The van der Waals surface area contributed by atoms with Crippen LogP contribution < -0.4 is 20.1 Å². The third-order valence-corrected chi connectivity index (χ3v) is 6.08. The number of rotatable bonds is 6. The number of amides is 2. The van der Waals surface area contributed by atoms with E-state index in [1.165, 1.54) is 0 Å². The zero-order chi connectivity index (χ0) is 27.8. The Morgan fingerprint density at radius 2 is 1.13 bits per heavy atom. The summed E-state index contributed by atoms with van der Waals surface area (Å²) in [4.78, 5) is 25.1. The number of methoxy groups -OCH3 is 2. The van der Waals surface area contributed by atoms with Crippen molar-refractivity contribution in [3.63, 3.8) is 0 Å². The summed E-state index contributed by atoms with van der Waals surface area (Å²) in [6.45, 7) is 11.3. The second kappa shape index (κ2) is 10.1. The van der Waals surface area contributed by atoms with Gasteiger partial charge in [-0.15, -0.1) is 0 Å². The molecule has 202 valence electrons. The Balaban J connectivity index is 1.89. The minimum absolute atomic E-state index is 0.176. The molecule has 8 heteroatoms. The lowest BCUT2D eigenvalue weighted by atomic mass is 9.88. The van der Waals surface area contributed by atoms with Crippen LogP contribution in [0.3, 0.4) is 0 Å². The van der Waals surface area contributed by atoms with Crippen LogP contribution in [-0.4, -0.2) is 37.6 Å². The van der Waals surface area contributed by atoms with Gasteiger partial charge in [-0.3, -0.25) is 0 Å². The average molecular weight is 521 g/mol. The van der Waals surface area contributed by atoms with Gasteiger partial charge in [-0.05, 0) is 86.0 Å². The van der Waals surface area contributed by atoms with Gasteiger partial charge in [0, 0.05) is 11.1 Å². The monoisotopic (exact) mass is 520 g/mol. The third kappa shape index (κ3) is 5.64. The van der Waals surface area contributed by atoms with Crippen LogP contribution in [-0.2, 0) is 22.6 Å². The van der Waals surface area contributed by atoms with Gasteiger partial charge in [0.15, 0.2) is 0 Å². The molecular weight excluding hydrogens is 484 g/mol. The number of hydrogen-bond donors (Lipinski definition) is 2. The number of hydrogen-bond acceptors (Lipinski definition) is 6. The maximum absolute atomic E-state index is 12.5. The van der Waals surface area contributed by atoms with E-state index in [1.54, 1.807) is 14.2 Å². The Hall–Kier alpha value is -3.94. The topological polar surface area (TPSA) is 95.1 Å². The fraction of sp³-hybridized carbons (Fsp3) is 0.400. The molecule has 0 radical (unpaired) electrons. The lowest BCUT2D eigenvalue weighted by Gasteiger charge is -2.24. The maximum atomic E-state index is 12.5. The van der Waals surface area contributed by atoms with Crippen molar-refractivity contribution >= 4 is 44.5 Å². The first-order chi connectivity index (χ1) is 17.8. The molecule has 0 atom stereocenters. The van der Waals surface area contributed by atoms with E-state index in [9.17, 15) is 9.59 Å². The van der Waals surface area contributed by atoms with Crippen LogP contribution in [0.4, 0.5) is 9.59 Å². The molecule has 4 aromatic rings. The Kier molecular flexibility index (Phi) is 7.19. The molecule has 0 saturated heterocycles. The molecule has 38 heavy (non-hydrogen) atoms. The van der Waals surface area contributed by atoms with E-state index in [4.69, 9.17) is 18.9 Å². The van der Waals surface area contributed by atoms with Crippen LogP contribution in [0.5, 0.6) is 11.5 Å². The maximum Gasteiger partial charge on any atom is 0.407 e. The van der Waals surface area contributed by atoms with Crippen molar-refractivity contribution in [2.45, 2.75) is 65.8 Å². The number of carbonyl (C=O) groups is 2. The third-order valence-electron chi connectivity index (χ3n) is 6.08. The number of ether oxygens (including phenoxy) is 4. The predicted molar refractivity (Wildman–Crippen MR) is 149 cm³/mol. The number of benzene rings is 4. The van der Waals surface area contributed by atoms with Crippen molar-refractivity contribution in [3.8, 4) is 11.5 Å². The first-order valence-electron chi connectivity index (χ1n) is 12.6. The fourth-order valence-corrected chi connectivity index (χ4v) is 4.73. The van der Waals surface area contributed by atoms with Crippen LogP contribution in [0.15, 0.2) is 36.4 Å². The van der Waals surface area contributed by atoms with Gasteiger partial charge in [0.2, 0.25) is 0 Å². The molecule has 0 aliphatic heterocycles. The normalized spacial score (nSPS) is 12.1. The van der Waals surface area contributed by atoms with E-state index in [2.05, 4.69) is 10.6 Å². The minimum Gasteiger partial charge on any atom is -0.497 e. The minimum atomic E-state index is -0.627. The molecule has 2 N–H and O–H groups in total. The molecule has 4 aromatic carbocycles. The first-order valence-corrected chi connectivity index (χ1v) is 12.6. The Bertz CT molecular complexity index is 1390. The van der Waals surface area contributed by atoms with Crippen LogP contribution >= 0.6 is 0 Å². The van der Waals surface area contributed by atoms with E-state index in [0.29, 0.717) is 5.75 Å². The SMILES string of the molecule is COc1cc2ccc3c(CNC(=O)OC(C)(C)C)c(OC)c(CNC(=O)OC(C)(C)C)c4ccc(c1)c2c34. The van der Waals surface area contributed by atoms with E-state index in [0.717, 1.165) is 49.2 Å². The lowest BCUT2D eigenvalue weighted by molar-refractivity contribution is 0.0513. The summed E-state index contributed by atoms with van der Waals surface area (Å²) in [6.07, 6.45) is -1.05. The van der Waals surface area contributed by atoms with Gasteiger partial charge in [-0.1, -0.05) is 24.3 Å². The Morgan fingerprint density at radius 3 is 1.50 bits per heavy atom. The highest BCUT2D eigenvalue weighted by Gasteiger charge is 2.24. The zero-order valence-electron chi connectivity index (χ0n) is 23.3.